The van der Waals surface area contributed by atoms with Crippen molar-refractivity contribution in [3.8, 4) is 5.75 Å². The number of benzene rings is 3. The fourth-order valence-corrected chi connectivity index (χ4v) is 13.8. The molecule has 0 amide bonds. The number of para-hydroxylation sites is 1. The third-order valence-corrected chi connectivity index (χ3v) is 16.0. The average Bonchev–Trinajstić information content (AvgIpc) is 3.95. The van der Waals surface area contributed by atoms with Gasteiger partial charge in [0, 0.05) is 102 Å². The van der Waals surface area contributed by atoms with Gasteiger partial charge in [-0.05, 0) is 92.1 Å². The van der Waals surface area contributed by atoms with Crippen molar-refractivity contribution >= 4 is 45.9 Å². The number of rotatable bonds is 8. The highest BCUT2D eigenvalue weighted by Crippen LogP contribution is 2.68. The normalized spacial score (nSPS) is 33.7. The molecule has 1 unspecified atom stereocenters. The van der Waals surface area contributed by atoms with Crippen LogP contribution in [-0.4, -0.2) is 134 Å². The van der Waals surface area contributed by atoms with Crippen LogP contribution in [0.25, 0.3) is 10.9 Å². The molecule has 6 aliphatic rings. The number of aromatic amines is 1. The molecule has 4 aromatic rings. The van der Waals surface area contributed by atoms with E-state index in [1.807, 2.05) is 73.5 Å². The van der Waals surface area contributed by atoms with Gasteiger partial charge in [-0.3, -0.25) is 14.5 Å². The van der Waals surface area contributed by atoms with Crippen LogP contribution in [0.3, 0.4) is 0 Å². The second kappa shape index (κ2) is 15.4. The van der Waals surface area contributed by atoms with Crippen LogP contribution >= 0.6 is 0 Å². The van der Waals surface area contributed by atoms with Crippen molar-refractivity contribution in [2.45, 2.75) is 86.7 Å². The maximum atomic E-state index is 15.5. The van der Waals surface area contributed by atoms with Crippen LogP contribution in [0, 0.1) is 11.3 Å². The van der Waals surface area contributed by atoms with Crippen LogP contribution in [0.15, 0.2) is 72.8 Å². The summed E-state index contributed by atoms with van der Waals surface area (Å²) in [6, 6.07) is 19.0. The Bertz CT molecular complexity index is 2560. The van der Waals surface area contributed by atoms with Crippen LogP contribution in [0.5, 0.6) is 5.75 Å². The van der Waals surface area contributed by atoms with Gasteiger partial charge in [0.1, 0.15) is 11.2 Å². The third-order valence-electron chi connectivity index (χ3n) is 16.0. The summed E-state index contributed by atoms with van der Waals surface area (Å²) in [5, 5.41) is 29.3. The predicted molar refractivity (Wildman–Crippen MR) is 241 cm³/mol. The summed E-state index contributed by atoms with van der Waals surface area (Å²) < 4.78 is 24.0. The number of nitrogens with one attached hydrogen (secondary N) is 2. The smallest absolute Gasteiger partial charge is 0.344 e. The van der Waals surface area contributed by atoms with Gasteiger partial charge in [-0.15, -0.1) is 0 Å². The highest BCUT2D eigenvalue weighted by atomic mass is 16.6. The van der Waals surface area contributed by atoms with Crippen molar-refractivity contribution in [3.05, 3.63) is 95.2 Å². The van der Waals surface area contributed by atoms with E-state index in [9.17, 15) is 19.8 Å². The van der Waals surface area contributed by atoms with Gasteiger partial charge in [0.25, 0.3) is 0 Å². The Morgan fingerprint density at radius 1 is 0.938 bits per heavy atom. The Hall–Kier alpha value is -5.41. The number of ether oxygens (including phenoxy) is 4. The summed E-state index contributed by atoms with van der Waals surface area (Å²) >= 11 is 0. The van der Waals surface area contributed by atoms with Crippen LogP contribution in [-0.2, 0) is 45.8 Å². The predicted octanol–water partition coefficient (Wildman–Crippen LogP) is 4.95. The number of H-pyrrole nitrogens is 1. The Labute approximate surface area is 373 Å². The minimum Gasteiger partial charge on any atom is -0.496 e. The number of aliphatic hydroxyl groups excluding tert-OH is 1. The standard InChI is InChI=1S/C50H59N5O9/c1-7-47-17-11-19-55-21-18-48(42(47)55)36-24-37(40(61-4)25-39(36)53(3)43(48)50(60,46(59)63-6)44(47)64-29(2)56)49(45(58)62-5)26-30-22-33(57)28-54(27-30)20-16-34-35-23-32(14-15-38(35)52-41(34)49)51-31-12-9-8-10-13-31/h8-15,17,23-25,30,33,42-44,51-52,57,60H,7,16,18-22,26-28H2,1-6H3/t30-,33+,42+,43-,44-,47-,48-,49+,50+/m1/s1. The number of carbonyl (C=O) groups excluding carboxylic acids is 3. The molecule has 14 heteroatoms. The summed E-state index contributed by atoms with van der Waals surface area (Å²) in [5.41, 5.74) is 0.889. The van der Waals surface area contributed by atoms with Gasteiger partial charge in [-0.25, -0.2) is 4.79 Å². The number of likely N-dealkylation sites (N-methyl/N-ethyl adjacent to an activating group) is 1. The molecule has 4 N–H and O–H groups in total. The Morgan fingerprint density at radius 2 is 1.72 bits per heavy atom. The molecular weight excluding hydrogens is 815 g/mol. The lowest BCUT2D eigenvalue weighted by molar-refractivity contribution is -0.228. The zero-order valence-electron chi connectivity index (χ0n) is 37.5. The lowest BCUT2D eigenvalue weighted by Crippen LogP contribution is -2.81. The highest BCUT2D eigenvalue weighted by Gasteiger charge is 2.80. The molecule has 1 aromatic heterocycles. The first kappa shape index (κ1) is 42.5. The van der Waals surface area contributed by atoms with E-state index in [1.165, 1.54) is 21.1 Å². The lowest BCUT2D eigenvalue weighted by atomic mass is 9.47. The number of hydrogen-bond acceptors (Lipinski definition) is 13. The number of hydrogen-bond donors (Lipinski definition) is 4. The molecule has 5 aliphatic heterocycles. The number of fused-ring (bicyclic) bond motifs is 6. The first-order valence-corrected chi connectivity index (χ1v) is 22.6. The third kappa shape index (κ3) is 5.80. The van der Waals surface area contributed by atoms with Crippen LogP contribution in [0.4, 0.5) is 17.1 Å². The summed E-state index contributed by atoms with van der Waals surface area (Å²) in [5.74, 6) is -1.62. The lowest BCUT2D eigenvalue weighted by Gasteiger charge is -2.63. The number of methoxy groups -OCH3 is 3. The molecule has 10 atom stereocenters. The van der Waals surface area contributed by atoms with E-state index in [0.717, 1.165) is 39.1 Å². The molecule has 1 aliphatic carbocycles. The van der Waals surface area contributed by atoms with E-state index in [2.05, 4.69) is 38.3 Å². The molecule has 14 nitrogen and oxygen atoms in total. The quantitative estimate of drug-likeness (QED) is 0.107. The van der Waals surface area contributed by atoms with Gasteiger partial charge in [-0.1, -0.05) is 37.3 Å². The molecule has 10 rings (SSSR count). The van der Waals surface area contributed by atoms with E-state index >= 15 is 4.79 Å². The number of aliphatic hydroxyl groups is 2. The summed E-state index contributed by atoms with van der Waals surface area (Å²) in [6.07, 6.45) is 4.66. The number of carbonyl (C=O) groups is 3. The molecule has 3 aromatic carbocycles. The first-order valence-electron chi connectivity index (χ1n) is 22.6. The fraction of sp³-hybridized carbons (Fsp3) is 0.500. The summed E-state index contributed by atoms with van der Waals surface area (Å²) in [4.78, 5) is 53.4. The molecule has 1 spiro atoms. The fourth-order valence-electron chi connectivity index (χ4n) is 13.8. The van der Waals surface area contributed by atoms with Crippen LogP contribution in [0.1, 0.15) is 61.9 Å². The van der Waals surface area contributed by atoms with Gasteiger partial charge >= 0.3 is 17.9 Å². The summed E-state index contributed by atoms with van der Waals surface area (Å²) in [7, 11) is 6.14. The zero-order chi connectivity index (χ0) is 44.9. The van der Waals surface area contributed by atoms with Gasteiger partial charge < -0.3 is 49.3 Å². The van der Waals surface area contributed by atoms with Gasteiger partial charge in [0.15, 0.2) is 6.10 Å². The van der Waals surface area contributed by atoms with Crippen molar-refractivity contribution < 1.29 is 43.5 Å². The van der Waals surface area contributed by atoms with E-state index in [-0.39, 0.29) is 12.0 Å². The molecular formula is C50H59N5O9. The van der Waals surface area contributed by atoms with Crippen molar-refractivity contribution in [2.24, 2.45) is 11.3 Å². The molecule has 338 valence electrons. The Morgan fingerprint density at radius 3 is 2.44 bits per heavy atom. The minimum absolute atomic E-state index is 0.108. The van der Waals surface area contributed by atoms with Crippen molar-refractivity contribution in [3.63, 3.8) is 0 Å². The van der Waals surface area contributed by atoms with Crippen molar-refractivity contribution in [1.29, 1.82) is 0 Å². The van der Waals surface area contributed by atoms with Crippen molar-refractivity contribution in [2.75, 3.05) is 71.3 Å². The molecule has 2 bridgehead atoms. The topological polar surface area (TPSA) is 166 Å². The highest BCUT2D eigenvalue weighted by molar-refractivity contribution is 5.96. The molecule has 3 fully saturated rings. The number of esters is 3. The van der Waals surface area contributed by atoms with Crippen LogP contribution in [0.2, 0.25) is 0 Å². The van der Waals surface area contributed by atoms with E-state index < -0.39 is 58.0 Å². The van der Waals surface area contributed by atoms with Gasteiger partial charge in [0.05, 0.1) is 33.5 Å². The second-order valence-corrected chi connectivity index (χ2v) is 19.0. The maximum absolute atomic E-state index is 15.5. The Balaban J connectivity index is 1.25. The number of piperidine rings is 1. The van der Waals surface area contributed by atoms with E-state index in [1.54, 1.807) is 7.11 Å². The van der Waals surface area contributed by atoms with Gasteiger partial charge in [0.2, 0.25) is 5.60 Å². The zero-order valence-corrected chi connectivity index (χ0v) is 37.5. The molecule has 64 heavy (non-hydrogen) atoms. The molecule has 2 saturated heterocycles. The number of aromatic nitrogens is 1. The summed E-state index contributed by atoms with van der Waals surface area (Å²) in [6.45, 7) is 6.51. The monoisotopic (exact) mass is 873 g/mol. The maximum Gasteiger partial charge on any atom is 0.344 e. The SMILES string of the molecule is CC[C@]12C=CCN3CC[C@@]4(c5cc([C@@]6(C(=O)OC)C[C@H]7C[C@H](O)CN(CCc8c6[nH]c6ccc(Nc9ccccc9)cc86)C7)c(OC)cc5N(C)[C@H]4[C@@](O)(C(=O)OC)[C@@H]1OC(C)=O)[C@@H]32. The van der Waals surface area contributed by atoms with E-state index in [4.69, 9.17) is 18.9 Å². The molecule has 1 saturated carbocycles. The molecule has 6 heterocycles. The van der Waals surface area contributed by atoms with Crippen molar-refractivity contribution in [1.82, 2.24) is 14.8 Å². The average molecular weight is 874 g/mol. The van der Waals surface area contributed by atoms with Gasteiger partial charge in [-0.2, -0.15) is 0 Å². The van der Waals surface area contributed by atoms with E-state index in [0.29, 0.717) is 81.8 Å². The second-order valence-electron chi connectivity index (χ2n) is 19.0. The molecule has 0 radical (unpaired) electrons. The number of nitrogens with zero attached hydrogens (tertiary/aromatic N) is 3. The van der Waals surface area contributed by atoms with Crippen LogP contribution < -0.4 is 15.0 Å². The minimum atomic E-state index is -2.32. The largest absolute Gasteiger partial charge is 0.496 e. The number of anilines is 3. The first-order chi connectivity index (χ1) is 30.8. The Kier molecular flexibility index (Phi) is 10.2.